The van der Waals surface area contributed by atoms with Gasteiger partial charge in [0.25, 0.3) is 0 Å². The second-order valence-corrected chi connectivity index (χ2v) is 5.67. The van der Waals surface area contributed by atoms with E-state index in [0.717, 1.165) is 28.5 Å². The highest BCUT2D eigenvalue weighted by Crippen LogP contribution is 2.60. The summed E-state index contributed by atoms with van der Waals surface area (Å²) in [6.45, 7) is 0. The normalized spacial score (nSPS) is 60.3. The highest BCUT2D eigenvalue weighted by atomic mass is 79.9. The molecule has 0 nitrogen and oxygen atoms in total. The van der Waals surface area contributed by atoms with E-state index in [4.69, 9.17) is 0 Å². The van der Waals surface area contributed by atoms with E-state index in [1.807, 2.05) is 0 Å². The molecule has 3 aliphatic carbocycles. The lowest BCUT2D eigenvalue weighted by molar-refractivity contribution is 0.259. The van der Waals surface area contributed by atoms with Crippen LogP contribution >= 0.6 is 15.9 Å². The van der Waals surface area contributed by atoms with Gasteiger partial charge >= 0.3 is 0 Å². The van der Waals surface area contributed by atoms with Crippen LogP contribution in [0.3, 0.4) is 0 Å². The van der Waals surface area contributed by atoms with Crippen molar-refractivity contribution >= 4 is 15.9 Å². The fraction of sp³-hybridized carbons (Fsp3) is 1.00. The van der Waals surface area contributed by atoms with E-state index in [2.05, 4.69) is 15.9 Å². The second kappa shape index (κ2) is 2.25. The van der Waals surface area contributed by atoms with Crippen LogP contribution in [0.1, 0.15) is 32.1 Å². The Morgan fingerprint density at radius 3 is 1.82 bits per heavy atom. The van der Waals surface area contributed by atoms with Gasteiger partial charge < -0.3 is 0 Å². The molecule has 2 bridgehead atoms. The van der Waals surface area contributed by atoms with Gasteiger partial charge in [-0.2, -0.15) is 0 Å². The van der Waals surface area contributed by atoms with Gasteiger partial charge in [-0.05, 0) is 49.4 Å². The summed E-state index contributed by atoms with van der Waals surface area (Å²) in [6, 6.07) is 0. The number of hydrogen-bond donors (Lipinski definition) is 0. The Bertz CT molecular complexity index is 150. The van der Waals surface area contributed by atoms with Gasteiger partial charge in [0, 0.05) is 4.83 Å². The highest BCUT2D eigenvalue weighted by molar-refractivity contribution is 9.09. The van der Waals surface area contributed by atoms with Crippen LogP contribution in [0.5, 0.6) is 0 Å². The number of alkyl halides is 1. The van der Waals surface area contributed by atoms with E-state index in [1.54, 1.807) is 12.8 Å². The molecule has 4 atom stereocenters. The van der Waals surface area contributed by atoms with Gasteiger partial charge in [0.15, 0.2) is 0 Å². The fourth-order valence-corrected chi connectivity index (χ4v) is 5.31. The van der Waals surface area contributed by atoms with E-state index in [9.17, 15) is 0 Å². The van der Waals surface area contributed by atoms with Gasteiger partial charge in [-0.1, -0.05) is 22.4 Å². The minimum atomic E-state index is 0.915. The molecule has 0 aromatic heterocycles. The quantitative estimate of drug-likeness (QED) is 0.544. The van der Waals surface area contributed by atoms with E-state index >= 15 is 0 Å². The molecule has 0 N–H and O–H groups in total. The molecule has 0 radical (unpaired) electrons. The van der Waals surface area contributed by atoms with Crippen molar-refractivity contribution in [1.29, 1.82) is 0 Å². The Labute approximate surface area is 76.9 Å². The van der Waals surface area contributed by atoms with Gasteiger partial charge in [0.05, 0.1) is 0 Å². The second-order valence-electron chi connectivity index (χ2n) is 4.61. The van der Waals surface area contributed by atoms with Crippen molar-refractivity contribution in [2.75, 3.05) is 0 Å². The standard InChI is InChI=1S/C10H15Br/c11-10-8-4-5-9(10)7-3-1-2-6(7)8/h6-10H,1-5H2. The van der Waals surface area contributed by atoms with Gasteiger partial charge in [-0.25, -0.2) is 0 Å². The van der Waals surface area contributed by atoms with Crippen molar-refractivity contribution in [3.8, 4) is 0 Å². The van der Waals surface area contributed by atoms with Crippen LogP contribution in [0.25, 0.3) is 0 Å². The molecule has 3 aliphatic rings. The van der Waals surface area contributed by atoms with Gasteiger partial charge in [-0.15, -0.1) is 0 Å². The third-order valence-corrected chi connectivity index (χ3v) is 5.73. The average Bonchev–Trinajstić information content (AvgIpc) is 2.61. The van der Waals surface area contributed by atoms with E-state index in [-0.39, 0.29) is 0 Å². The minimum absolute atomic E-state index is 0.915. The fourth-order valence-electron chi connectivity index (χ4n) is 4.00. The molecule has 3 rings (SSSR count). The van der Waals surface area contributed by atoms with Crippen LogP contribution < -0.4 is 0 Å². The molecule has 1 heteroatoms. The van der Waals surface area contributed by atoms with Crippen LogP contribution in [0.2, 0.25) is 0 Å². The number of halogens is 1. The smallest absolute Gasteiger partial charge is 0.0207 e. The molecule has 3 fully saturated rings. The largest absolute Gasteiger partial charge is 0.0884 e. The lowest BCUT2D eigenvalue weighted by Gasteiger charge is -2.23. The van der Waals surface area contributed by atoms with E-state index < -0.39 is 0 Å². The summed E-state index contributed by atoms with van der Waals surface area (Å²) in [6.07, 6.45) is 7.69. The molecule has 62 valence electrons. The summed E-state index contributed by atoms with van der Waals surface area (Å²) in [5.74, 6) is 4.43. The average molecular weight is 215 g/mol. The Morgan fingerprint density at radius 1 is 0.727 bits per heavy atom. The van der Waals surface area contributed by atoms with Crippen LogP contribution in [0.15, 0.2) is 0 Å². The molecule has 0 aromatic carbocycles. The Hall–Kier alpha value is 0.480. The summed E-state index contributed by atoms with van der Waals surface area (Å²) in [5, 5.41) is 0. The summed E-state index contributed by atoms with van der Waals surface area (Å²) < 4.78 is 0. The van der Waals surface area contributed by atoms with E-state index in [0.29, 0.717) is 0 Å². The molecule has 11 heavy (non-hydrogen) atoms. The van der Waals surface area contributed by atoms with Crippen LogP contribution in [0.4, 0.5) is 0 Å². The first-order chi connectivity index (χ1) is 5.38. The first-order valence-electron chi connectivity index (χ1n) is 5.02. The van der Waals surface area contributed by atoms with Crippen molar-refractivity contribution in [3.63, 3.8) is 0 Å². The van der Waals surface area contributed by atoms with Gasteiger partial charge in [-0.3, -0.25) is 0 Å². The number of rotatable bonds is 0. The SMILES string of the molecule is BrC1C2CCC1C1CCCC21. The van der Waals surface area contributed by atoms with Crippen molar-refractivity contribution in [2.45, 2.75) is 36.9 Å². The van der Waals surface area contributed by atoms with Crippen LogP contribution in [0, 0.1) is 23.7 Å². The zero-order chi connectivity index (χ0) is 7.42. The molecule has 0 saturated heterocycles. The Balaban J connectivity index is 1.94. The highest BCUT2D eigenvalue weighted by Gasteiger charge is 2.54. The number of hydrogen-bond acceptors (Lipinski definition) is 0. The lowest BCUT2D eigenvalue weighted by atomic mass is 9.82. The Kier molecular flexibility index (Phi) is 1.42. The van der Waals surface area contributed by atoms with Gasteiger partial charge in [0.2, 0.25) is 0 Å². The minimum Gasteiger partial charge on any atom is -0.0884 e. The van der Waals surface area contributed by atoms with Crippen molar-refractivity contribution in [3.05, 3.63) is 0 Å². The maximum absolute atomic E-state index is 3.89. The summed E-state index contributed by atoms with van der Waals surface area (Å²) in [4.78, 5) is 0.915. The third-order valence-electron chi connectivity index (χ3n) is 4.38. The molecule has 0 heterocycles. The molecule has 4 unspecified atom stereocenters. The predicted octanol–water partition coefficient (Wildman–Crippen LogP) is 3.21. The summed E-state index contributed by atoms with van der Waals surface area (Å²) >= 11 is 3.89. The first kappa shape index (κ1) is 6.94. The first-order valence-corrected chi connectivity index (χ1v) is 5.93. The zero-order valence-corrected chi connectivity index (χ0v) is 8.39. The molecule has 0 aromatic rings. The Morgan fingerprint density at radius 2 is 1.27 bits per heavy atom. The van der Waals surface area contributed by atoms with E-state index in [1.165, 1.54) is 19.3 Å². The van der Waals surface area contributed by atoms with Crippen LogP contribution in [-0.2, 0) is 0 Å². The van der Waals surface area contributed by atoms with Gasteiger partial charge in [0.1, 0.15) is 0 Å². The van der Waals surface area contributed by atoms with Crippen molar-refractivity contribution in [2.24, 2.45) is 23.7 Å². The number of fused-ring (bicyclic) bond motifs is 5. The zero-order valence-electron chi connectivity index (χ0n) is 6.80. The topological polar surface area (TPSA) is 0 Å². The predicted molar refractivity (Wildman–Crippen MR) is 49.8 cm³/mol. The maximum Gasteiger partial charge on any atom is 0.0207 e. The molecular formula is C10H15Br. The molecule has 0 amide bonds. The monoisotopic (exact) mass is 214 g/mol. The molecule has 0 aliphatic heterocycles. The maximum atomic E-state index is 3.89. The molecular weight excluding hydrogens is 200 g/mol. The van der Waals surface area contributed by atoms with Crippen molar-refractivity contribution in [1.82, 2.24) is 0 Å². The summed E-state index contributed by atoms with van der Waals surface area (Å²) in [7, 11) is 0. The molecule has 0 spiro atoms. The third kappa shape index (κ3) is 0.760. The van der Waals surface area contributed by atoms with Crippen LogP contribution in [-0.4, -0.2) is 4.83 Å². The van der Waals surface area contributed by atoms with Crippen molar-refractivity contribution < 1.29 is 0 Å². The molecule has 3 saturated carbocycles. The summed E-state index contributed by atoms with van der Waals surface area (Å²) in [5.41, 5.74) is 0. The lowest BCUT2D eigenvalue weighted by Crippen LogP contribution is -2.15.